The van der Waals surface area contributed by atoms with Crippen LogP contribution in [0.15, 0.2) is 12.4 Å². The summed E-state index contributed by atoms with van der Waals surface area (Å²) in [5.74, 6) is 1.71. The van der Waals surface area contributed by atoms with E-state index in [0.717, 1.165) is 18.1 Å². The van der Waals surface area contributed by atoms with Gasteiger partial charge >= 0.3 is 5.97 Å². The molecule has 0 bridgehead atoms. The molecule has 0 radical (unpaired) electrons. The number of carboxylic acids is 1. The van der Waals surface area contributed by atoms with Crippen LogP contribution < -0.4 is 0 Å². The molecule has 0 spiro atoms. The lowest BCUT2D eigenvalue weighted by atomic mass is 10.5. The molecule has 0 saturated heterocycles. The maximum Gasteiger partial charge on any atom is 0.304 e. The number of aromatic nitrogens is 2. The van der Waals surface area contributed by atoms with E-state index in [4.69, 9.17) is 5.11 Å². The fraction of sp³-hybridized carbons (Fsp3) is 0.556. The first kappa shape index (κ1) is 11.1. The van der Waals surface area contributed by atoms with E-state index in [1.165, 1.54) is 0 Å². The predicted octanol–water partition coefficient (Wildman–Crippen LogP) is 1.61. The Bertz CT molecular complexity index is 299. The van der Waals surface area contributed by atoms with Gasteiger partial charge in [0.25, 0.3) is 0 Å². The highest BCUT2D eigenvalue weighted by Crippen LogP contribution is 2.11. The highest BCUT2D eigenvalue weighted by Gasteiger charge is 2.02. The summed E-state index contributed by atoms with van der Waals surface area (Å²) in [6.07, 6.45) is 3.93. The molecule has 0 fully saturated rings. The molecule has 14 heavy (non-hydrogen) atoms. The minimum absolute atomic E-state index is 0.220. The van der Waals surface area contributed by atoms with Crippen molar-refractivity contribution in [3.8, 4) is 0 Å². The molecule has 4 nitrogen and oxygen atoms in total. The Balaban J connectivity index is 2.27. The SMILES string of the molecule is CCn1ccnc1CSCCC(=O)O. The minimum atomic E-state index is -0.740. The summed E-state index contributed by atoms with van der Waals surface area (Å²) in [7, 11) is 0. The molecule has 1 N–H and O–H groups in total. The standard InChI is InChI=1S/C9H14N2O2S/c1-2-11-5-4-10-8(11)7-14-6-3-9(12)13/h4-5H,2-3,6-7H2,1H3,(H,12,13). The summed E-state index contributed by atoms with van der Waals surface area (Å²) in [6.45, 7) is 2.97. The lowest BCUT2D eigenvalue weighted by Gasteiger charge is -2.03. The second kappa shape index (κ2) is 5.70. The van der Waals surface area contributed by atoms with Crippen LogP contribution in [-0.4, -0.2) is 26.4 Å². The summed E-state index contributed by atoms with van der Waals surface area (Å²) >= 11 is 1.60. The van der Waals surface area contributed by atoms with Gasteiger partial charge in [0.2, 0.25) is 0 Å². The van der Waals surface area contributed by atoms with Gasteiger partial charge in [-0.3, -0.25) is 4.79 Å². The van der Waals surface area contributed by atoms with Gasteiger partial charge in [-0.25, -0.2) is 4.98 Å². The molecular weight excluding hydrogens is 200 g/mol. The average Bonchev–Trinajstić information content (AvgIpc) is 2.59. The number of aliphatic carboxylic acids is 1. The van der Waals surface area contributed by atoms with Crippen molar-refractivity contribution in [2.45, 2.75) is 25.6 Å². The molecule has 0 atom stereocenters. The Morgan fingerprint density at radius 1 is 1.71 bits per heavy atom. The van der Waals surface area contributed by atoms with Crippen LogP contribution in [0.1, 0.15) is 19.2 Å². The summed E-state index contributed by atoms with van der Waals surface area (Å²) in [6, 6.07) is 0. The molecule has 0 aliphatic heterocycles. The highest BCUT2D eigenvalue weighted by molar-refractivity contribution is 7.98. The Hall–Kier alpha value is -0.970. The smallest absolute Gasteiger partial charge is 0.304 e. The van der Waals surface area contributed by atoms with Gasteiger partial charge in [0.15, 0.2) is 0 Å². The summed E-state index contributed by atoms with van der Waals surface area (Å²) < 4.78 is 2.06. The zero-order valence-corrected chi connectivity index (χ0v) is 8.96. The molecular formula is C9H14N2O2S. The molecule has 1 aromatic heterocycles. The third kappa shape index (κ3) is 3.41. The average molecular weight is 214 g/mol. The number of aryl methyl sites for hydroxylation is 1. The maximum atomic E-state index is 10.2. The van der Waals surface area contributed by atoms with Crippen molar-refractivity contribution in [3.63, 3.8) is 0 Å². The second-order valence-corrected chi connectivity index (χ2v) is 3.93. The van der Waals surface area contributed by atoms with Gasteiger partial charge in [-0.05, 0) is 6.92 Å². The molecule has 0 aromatic carbocycles. The van der Waals surface area contributed by atoms with E-state index < -0.39 is 5.97 Å². The Kier molecular flexibility index (Phi) is 4.52. The van der Waals surface area contributed by atoms with Gasteiger partial charge in [0.05, 0.1) is 12.2 Å². The van der Waals surface area contributed by atoms with Gasteiger partial charge in [-0.15, -0.1) is 0 Å². The van der Waals surface area contributed by atoms with Crippen LogP contribution in [0.5, 0.6) is 0 Å². The largest absolute Gasteiger partial charge is 0.481 e. The van der Waals surface area contributed by atoms with Crippen molar-refractivity contribution in [3.05, 3.63) is 18.2 Å². The Morgan fingerprint density at radius 3 is 3.14 bits per heavy atom. The summed E-state index contributed by atoms with van der Waals surface area (Å²) in [5.41, 5.74) is 0. The number of hydrogen-bond acceptors (Lipinski definition) is 3. The first-order valence-corrected chi connectivity index (χ1v) is 5.69. The molecule has 0 amide bonds. The number of thioether (sulfide) groups is 1. The van der Waals surface area contributed by atoms with Gasteiger partial charge in [0, 0.05) is 24.7 Å². The molecule has 0 aliphatic rings. The lowest BCUT2D eigenvalue weighted by molar-refractivity contribution is -0.136. The third-order valence-corrected chi connectivity index (χ3v) is 2.79. The van der Waals surface area contributed by atoms with Crippen molar-refractivity contribution >= 4 is 17.7 Å². The number of carbonyl (C=O) groups is 1. The van der Waals surface area contributed by atoms with Crippen LogP contribution in [0.3, 0.4) is 0 Å². The molecule has 5 heteroatoms. The normalized spacial score (nSPS) is 10.4. The van der Waals surface area contributed by atoms with Gasteiger partial charge in [0.1, 0.15) is 5.82 Å². The molecule has 0 aliphatic carbocycles. The highest BCUT2D eigenvalue weighted by atomic mass is 32.2. The fourth-order valence-electron chi connectivity index (χ4n) is 1.09. The van der Waals surface area contributed by atoms with E-state index >= 15 is 0 Å². The molecule has 1 heterocycles. The predicted molar refractivity (Wildman–Crippen MR) is 56.3 cm³/mol. The van der Waals surface area contributed by atoms with E-state index in [-0.39, 0.29) is 6.42 Å². The summed E-state index contributed by atoms with van der Waals surface area (Å²) in [4.78, 5) is 14.4. The van der Waals surface area contributed by atoms with Crippen LogP contribution in [0.2, 0.25) is 0 Å². The van der Waals surface area contributed by atoms with E-state index in [9.17, 15) is 4.79 Å². The minimum Gasteiger partial charge on any atom is -0.481 e. The van der Waals surface area contributed by atoms with Crippen LogP contribution in [-0.2, 0) is 17.1 Å². The van der Waals surface area contributed by atoms with Crippen molar-refractivity contribution < 1.29 is 9.90 Å². The fourth-order valence-corrected chi connectivity index (χ4v) is 1.98. The number of imidazole rings is 1. The van der Waals surface area contributed by atoms with E-state index in [2.05, 4.69) is 16.5 Å². The number of rotatable bonds is 6. The van der Waals surface area contributed by atoms with Crippen LogP contribution in [0.25, 0.3) is 0 Å². The number of carboxylic acid groups (broad SMARTS) is 1. The van der Waals surface area contributed by atoms with E-state index in [0.29, 0.717) is 5.75 Å². The monoisotopic (exact) mass is 214 g/mol. The lowest BCUT2D eigenvalue weighted by Crippen LogP contribution is -2.01. The third-order valence-electron chi connectivity index (χ3n) is 1.83. The number of hydrogen-bond donors (Lipinski definition) is 1. The Morgan fingerprint density at radius 2 is 2.50 bits per heavy atom. The zero-order valence-electron chi connectivity index (χ0n) is 8.14. The van der Waals surface area contributed by atoms with Crippen LogP contribution in [0.4, 0.5) is 0 Å². The topological polar surface area (TPSA) is 55.1 Å². The van der Waals surface area contributed by atoms with Gasteiger partial charge < -0.3 is 9.67 Å². The molecule has 0 unspecified atom stereocenters. The maximum absolute atomic E-state index is 10.2. The molecule has 78 valence electrons. The van der Waals surface area contributed by atoms with Crippen molar-refractivity contribution in [2.24, 2.45) is 0 Å². The molecule has 1 rings (SSSR count). The summed E-state index contributed by atoms with van der Waals surface area (Å²) in [5, 5.41) is 8.44. The van der Waals surface area contributed by atoms with Gasteiger partial charge in [-0.1, -0.05) is 0 Å². The van der Waals surface area contributed by atoms with Crippen LogP contribution >= 0.6 is 11.8 Å². The molecule has 1 aromatic rings. The van der Waals surface area contributed by atoms with Crippen LogP contribution in [0, 0.1) is 0 Å². The Labute approximate surface area is 87.3 Å². The number of nitrogens with zero attached hydrogens (tertiary/aromatic N) is 2. The van der Waals surface area contributed by atoms with Crippen molar-refractivity contribution in [1.82, 2.24) is 9.55 Å². The van der Waals surface area contributed by atoms with E-state index in [1.807, 2.05) is 6.20 Å². The van der Waals surface area contributed by atoms with E-state index in [1.54, 1.807) is 18.0 Å². The van der Waals surface area contributed by atoms with Crippen molar-refractivity contribution in [2.75, 3.05) is 5.75 Å². The zero-order chi connectivity index (χ0) is 10.4. The second-order valence-electron chi connectivity index (χ2n) is 2.83. The first-order chi connectivity index (χ1) is 6.74. The molecule has 0 saturated carbocycles. The van der Waals surface area contributed by atoms with Crippen molar-refractivity contribution in [1.29, 1.82) is 0 Å². The van der Waals surface area contributed by atoms with Gasteiger partial charge in [-0.2, -0.15) is 11.8 Å². The quantitative estimate of drug-likeness (QED) is 0.731. The first-order valence-electron chi connectivity index (χ1n) is 4.53.